The molecular weight excluding hydrogens is 274 g/mol. The van der Waals surface area contributed by atoms with Crippen molar-refractivity contribution in [3.63, 3.8) is 0 Å². The second-order valence-electron chi connectivity index (χ2n) is 5.41. The van der Waals surface area contributed by atoms with Crippen molar-refractivity contribution in [3.05, 3.63) is 28.8 Å². The fraction of sp³-hybridized carbons (Fsp3) is 0.600. The van der Waals surface area contributed by atoms with E-state index in [2.05, 4.69) is 21.9 Å². The zero-order valence-corrected chi connectivity index (χ0v) is 12.8. The Morgan fingerprint density at radius 1 is 1.30 bits per heavy atom. The molecular formula is C15H24ClN3O. The molecule has 1 heterocycles. The Kier molecular flexibility index (Phi) is 5.66. The van der Waals surface area contributed by atoms with E-state index in [-0.39, 0.29) is 12.6 Å². The lowest BCUT2D eigenvalue weighted by Crippen LogP contribution is -2.32. The fourth-order valence-electron chi connectivity index (χ4n) is 2.64. The number of benzene rings is 1. The molecule has 4 nitrogen and oxygen atoms in total. The Morgan fingerprint density at radius 3 is 2.75 bits per heavy atom. The van der Waals surface area contributed by atoms with Gasteiger partial charge in [-0.05, 0) is 37.6 Å². The van der Waals surface area contributed by atoms with Gasteiger partial charge in [-0.2, -0.15) is 0 Å². The summed E-state index contributed by atoms with van der Waals surface area (Å²) >= 11 is 6.41. The van der Waals surface area contributed by atoms with E-state index in [9.17, 15) is 0 Å². The zero-order chi connectivity index (χ0) is 14.5. The lowest BCUT2D eigenvalue weighted by Gasteiger charge is -2.25. The van der Waals surface area contributed by atoms with Crippen LogP contribution in [0.4, 0.5) is 5.69 Å². The van der Waals surface area contributed by atoms with Crippen molar-refractivity contribution in [3.8, 4) is 0 Å². The minimum Gasteiger partial charge on any atom is -0.395 e. The number of nitrogens with two attached hydrogens (primary N) is 1. The molecule has 1 unspecified atom stereocenters. The van der Waals surface area contributed by atoms with Crippen LogP contribution in [0.5, 0.6) is 0 Å². The van der Waals surface area contributed by atoms with Crippen LogP contribution in [0.2, 0.25) is 5.02 Å². The SMILES string of the molecule is CC(N)c1ccc(N2CCCN(CCO)CC2)c(Cl)c1. The highest BCUT2D eigenvalue weighted by Crippen LogP contribution is 2.29. The van der Waals surface area contributed by atoms with E-state index < -0.39 is 0 Å². The van der Waals surface area contributed by atoms with Gasteiger partial charge in [0.2, 0.25) is 0 Å². The minimum absolute atomic E-state index is 0.00530. The van der Waals surface area contributed by atoms with Gasteiger partial charge >= 0.3 is 0 Å². The number of nitrogens with zero attached hydrogens (tertiary/aromatic N) is 2. The normalized spacial score (nSPS) is 18.9. The number of hydrogen-bond acceptors (Lipinski definition) is 4. The van der Waals surface area contributed by atoms with Crippen LogP contribution in [-0.4, -0.2) is 49.3 Å². The van der Waals surface area contributed by atoms with Gasteiger partial charge in [-0.1, -0.05) is 17.7 Å². The van der Waals surface area contributed by atoms with Gasteiger partial charge in [0, 0.05) is 32.2 Å². The van der Waals surface area contributed by atoms with Gasteiger partial charge in [0.05, 0.1) is 17.3 Å². The lowest BCUT2D eigenvalue weighted by atomic mass is 10.1. The number of aliphatic hydroxyl groups is 1. The Hall–Kier alpha value is -0.810. The van der Waals surface area contributed by atoms with E-state index in [0.29, 0.717) is 0 Å². The fourth-order valence-corrected chi connectivity index (χ4v) is 2.95. The maximum atomic E-state index is 9.03. The molecule has 1 fully saturated rings. The van der Waals surface area contributed by atoms with Crippen LogP contribution in [0.15, 0.2) is 18.2 Å². The van der Waals surface area contributed by atoms with Gasteiger partial charge in [-0.25, -0.2) is 0 Å². The summed E-state index contributed by atoms with van der Waals surface area (Å²) in [7, 11) is 0. The third-order valence-electron chi connectivity index (χ3n) is 3.84. The number of aliphatic hydroxyl groups excluding tert-OH is 1. The third kappa shape index (κ3) is 3.85. The monoisotopic (exact) mass is 297 g/mol. The molecule has 1 saturated heterocycles. The van der Waals surface area contributed by atoms with Crippen LogP contribution in [0.25, 0.3) is 0 Å². The number of β-amino-alcohol motifs (C(OH)–C–C–N with tert-alkyl or cyclic N) is 1. The Morgan fingerprint density at radius 2 is 2.10 bits per heavy atom. The van der Waals surface area contributed by atoms with E-state index in [4.69, 9.17) is 22.4 Å². The minimum atomic E-state index is 0.00530. The Bertz CT molecular complexity index is 439. The van der Waals surface area contributed by atoms with Crippen molar-refractivity contribution in [1.82, 2.24) is 4.90 Å². The van der Waals surface area contributed by atoms with Gasteiger partial charge < -0.3 is 15.7 Å². The predicted octanol–water partition coefficient (Wildman–Crippen LogP) is 1.86. The van der Waals surface area contributed by atoms with Gasteiger partial charge in [0.1, 0.15) is 0 Å². The van der Waals surface area contributed by atoms with Crippen molar-refractivity contribution in [1.29, 1.82) is 0 Å². The molecule has 0 radical (unpaired) electrons. The number of hydrogen-bond donors (Lipinski definition) is 2. The first-order valence-corrected chi connectivity index (χ1v) is 7.63. The summed E-state index contributed by atoms with van der Waals surface area (Å²) in [6.07, 6.45) is 1.09. The molecule has 112 valence electrons. The molecule has 0 aromatic heterocycles. The van der Waals surface area contributed by atoms with Gasteiger partial charge in [-0.15, -0.1) is 0 Å². The van der Waals surface area contributed by atoms with E-state index in [1.165, 1.54) is 0 Å². The average molecular weight is 298 g/mol. The second kappa shape index (κ2) is 7.27. The summed E-state index contributed by atoms with van der Waals surface area (Å²) in [5.74, 6) is 0. The lowest BCUT2D eigenvalue weighted by molar-refractivity contribution is 0.204. The number of anilines is 1. The highest BCUT2D eigenvalue weighted by molar-refractivity contribution is 6.33. The highest BCUT2D eigenvalue weighted by atomic mass is 35.5. The molecule has 5 heteroatoms. The molecule has 0 spiro atoms. The topological polar surface area (TPSA) is 52.7 Å². The molecule has 0 saturated carbocycles. The van der Waals surface area contributed by atoms with E-state index in [0.717, 1.165) is 55.4 Å². The predicted molar refractivity (Wildman–Crippen MR) is 84.4 cm³/mol. The molecule has 1 aromatic rings. The summed E-state index contributed by atoms with van der Waals surface area (Å²) in [5, 5.41) is 9.81. The summed E-state index contributed by atoms with van der Waals surface area (Å²) in [4.78, 5) is 4.62. The van der Waals surface area contributed by atoms with E-state index in [1.54, 1.807) is 0 Å². The molecule has 1 aromatic carbocycles. The average Bonchev–Trinajstić information content (AvgIpc) is 2.65. The van der Waals surface area contributed by atoms with Crippen molar-refractivity contribution >= 4 is 17.3 Å². The van der Waals surface area contributed by atoms with Crippen molar-refractivity contribution in [2.24, 2.45) is 5.73 Å². The molecule has 0 amide bonds. The summed E-state index contributed by atoms with van der Waals surface area (Å²) in [6.45, 7) is 6.88. The molecule has 1 aliphatic rings. The first kappa shape index (κ1) is 15.6. The van der Waals surface area contributed by atoms with Crippen LogP contribution in [0, 0.1) is 0 Å². The van der Waals surface area contributed by atoms with Crippen LogP contribution >= 0.6 is 11.6 Å². The summed E-state index contributed by atoms with van der Waals surface area (Å²) in [5.41, 5.74) is 8.04. The standard InChI is InChI=1S/C15H24ClN3O/c1-12(17)13-3-4-15(14(16)11-13)19-6-2-5-18(7-8-19)9-10-20/h3-4,11-12,20H,2,5-10,17H2,1H3. The maximum absolute atomic E-state index is 9.03. The van der Waals surface area contributed by atoms with Gasteiger partial charge in [0.15, 0.2) is 0 Å². The number of rotatable bonds is 4. The van der Waals surface area contributed by atoms with Crippen molar-refractivity contribution in [2.45, 2.75) is 19.4 Å². The highest BCUT2D eigenvalue weighted by Gasteiger charge is 2.17. The van der Waals surface area contributed by atoms with Crippen molar-refractivity contribution in [2.75, 3.05) is 44.2 Å². The summed E-state index contributed by atoms with van der Waals surface area (Å²) < 4.78 is 0. The smallest absolute Gasteiger partial charge is 0.0642 e. The molecule has 3 N–H and O–H groups in total. The van der Waals surface area contributed by atoms with Crippen LogP contribution in [0.3, 0.4) is 0 Å². The van der Waals surface area contributed by atoms with Crippen LogP contribution in [0.1, 0.15) is 24.9 Å². The molecule has 20 heavy (non-hydrogen) atoms. The van der Waals surface area contributed by atoms with Crippen molar-refractivity contribution < 1.29 is 5.11 Å². The van der Waals surface area contributed by atoms with Gasteiger partial charge in [0.25, 0.3) is 0 Å². The first-order valence-electron chi connectivity index (χ1n) is 7.25. The van der Waals surface area contributed by atoms with Crippen LogP contribution in [-0.2, 0) is 0 Å². The molecule has 1 aliphatic heterocycles. The first-order chi connectivity index (χ1) is 9.61. The van der Waals surface area contributed by atoms with E-state index in [1.807, 2.05) is 13.0 Å². The van der Waals surface area contributed by atoms with Gasteiger partial charge in [-0.3, -0.25) is 4.90 Å². The maximum Gasteiger partial charge on any atom is 0.0642 e. The molecule has 0 bridgehead atoms. The Labute approximate surface area is 126 Å². The second-order valence-corrected chi connectivity index (χ2v) is 5.81. The molecule has 2 rings (SSSR count). The zero-order valence-electron chi connectivity index (χ0n) is 12.1. The van der Waals surface area contributed by atoms with Crippen LogP contribution < -0.4 is 10.6 Å². The molecule has 1 atom stereocenters. The quantitative estimate of drug-likeness (QED) is 0.891. The third-order valence-corrected chi connectivity index (χ3v) is 4.15. The summed E-state index contributed by atoms with van der Waals surface area (Å²) in [6, 6.07) is 6.11. The number of halogens is 1. The Balaban J connectivity index is 2.07. The van der Waals surface area contributed by atoms with E-state index >= 15 is 0 Å². The molecule has 0 aliphatic carbocycles. The largest absolute Gasteiger partial charge is 0.395 e.